The summed E-state index contributed by atoms with van der Waals surface area (Å²) in [6, 6.07) is -0.279. The average Bonchev–Trinajstić information content (AvgIpc) is 3.04. The first kappa shape index (κ1) is 17.7. The maximum absolute atomic E-state index is 12.8. The van der Waals surface area contributed by atoms with Crippen LogP contribution < -0.4 is 5.32 Å². The number of carbonyl (C=O) groups excluding carboxylic acids is 3. The summed E-state index contributed by atoms with van der Waals surface area (Å²) < 4.78 is 0. The zero-order valence-corrected chi connectivity index (χ0v) is 15.8. The van der Waals surface area contributed by atoms with Gasteiger partial charge in [0.2, 0.25) is 0 Å². The van der Waals surface area contributed by atoms with E-state index in [0.29, 0.717) is 30.8 Å². The van der Waals surface area contributed by atoms with Crippen molar-refractivity contribution in [3.05, 3.63) is 10.6 Å². The summed E-state index contributed by atoms with van der Waals surface area (Å²) in [5.74, 6) is -0.225. The van der Waals surface area contributed by atoms with Gasteiger partial charge in [0.1, 0.15) is 10.4 Å². The largest absolute Gasteiger partial charge is 0.362 e. The molecule has 3 rings (SSSR count). The van der Waals surface area contributed by atoms with Crippen LogP contribution in [0.1, 0.15) is 35.1 Å². The SMILES string of the molecule is CCNc1nc(C)c(C(=O)N2CCC3(CC2)C(=O)N(C)C(=O)N3C)s1. The molecule has 2 fully saturated rings. The first-order valence-corrected chi connectivity index (χ1v) is 9.20. The minimum absolute atomic E-state index is 0.0539. The number of nitrogens with one attached hydrogen (secondary N) is 1. The number of carbonyl (C=O) groups is 3. The number of rotatable bonds is 3. The van der Waals surface area contributed by atoms with Crippen molar-refractivity contribution in [2.75, 3.05) is 39.0 Å². The highest BCUT2D eigenvalue weighted by molar-refractivity contribution is 7.17. The molecule has 0 saturated carbocycles. The Morgan fingerprint density at radius 1 is 1.28 bits per heavy atom. The number of nitrogens with zero attached hydrogens (tertiary/aromatic N) is 4. The van der Waals surface area contributed by atoms with Gasteiger partial charge in [-0.3, -0.25) is 14.5 Å². The van der Waals surface area contributed by atoms with Crippen molar-refractivity contribution in [1.29, 1.82) is 0 Å². The number of anilines is 1. The van der Waals surface area contributed by atoms with Crippen LogP contribution in [-0.4, -0.2) is 76.8 Å². The second-order valence-corrected chi connectivity index (χ2v) is 7.49. The lowest BCUT2D eigenvalue weighted by atomic mass is 9.86. The summed E-state index contributed by atoms with van der Waals surface area (Å²) in [4.78, 5) is 46.9. The van der Waals surface area contributed by atoms with E-state index >= 15 is 0 Å². The second-order valence-electron chi connectivity index (χ2n) is 6.49. The van der Waals surface area contributed by atoms with Crippen molar-refractivity contribution >= 4 is 34.3 Å². The van der Waals surface area contributed by atoms with Gasteiger partial charge in [0, 0.05) is 33.7 Å². The van der Waals surface area contributed by atoms with Crippen LogP contribution in [0.25, 0.3) is 0 Å². The lowest BCUT2D eigenvalue weighted by molar-refractivity contribution is -0.134. The third-order valence-corrected chi connectivity index (χ3v) is 6.22. The number of imide groups is 1. The number of aryl methyl sites for hydroxylation is 1. The summed E-state index contributed by atoms with van der Waals surface area (Å²) >= 11 is 1.36. The number of hydrogen-bond acceptors (Lipinski definition) is 6. The Bertz CT molecular complexity index is 723. The van der Waals surface area contributed by atoms with Crippen LogP contribution in [-0.2, 0) is 4.79 Å². The van der Waals surface area contributed by atoms with Crippen molar-refractivity contribution in [1.82, 2.24) is 19.7 Å². The first-order valence-electron chi connectivity index (χ1n) is 8.38. The Morgan fingerprint density at radius 3 is 2.44 bits per heavy atom. The molecular formula is C16H23N5O3S. The molecule has 0 bridgehead atoms. The normalized spacial score (nSPS) is 19.9. The number of amides is 4. The van der Waals surface area contributed by atoms with Gasteiger partial charge in [-0.25, -0.2) is 9.78 Å². The van der Waals surface area contributed by atoms with Gasteiger partial charge in [-0.1, -0.05) is 11.3 Å². The molecule has 0 aliphatic carbocycles. The monoisotopic (exact) mass is 365 g/mol. The smallest absolute Gasteiger partial charge is 0.327 e. The Morgan fingerprint density at radius 2 is 1.92 bits per heavy atom. The van der Waals surface area contributed by atoms with Crippen molar-refractivity contribution in [2.24, 2.45) is 0 Å². The standard InChI is InChI=1S/C16H23N5O3S/c1-5-17-14-18-10(2)11(25-14)12(22)21-8-6-16(7-9-21)13(23)19(3)15(24)20(16)4/h5-9H2,1-4H3,(H,17,18). The van der Waals surface area contributed by atoms with Crippen LogP contribution in [0.15, 0.2) is 0 Å². The summed E-state index contributed by atoms with van der Waals surface area (Å²) in [6.07, 6.45) is 0.921. The Hall–Kier alpha value is -2.16. The van der Waals surface area contributed by atoms with Crippen LogP contribution in [0.2, 0.25) is 0 Å². The highest BCUT2D eigenvalue weighted by Gasteiger charge is 2.55. The first-order chi connectivity index (χ1) is 11.8. The molecular weight excluding hydrogens is 342 g/mol. The van der Waals surface area contributed by atoms with Crippen molar-refractivity contribution < 1.29 is 14.4 Å². The Kier molecular flexibility index (Phi) is 4.44. The fourth-order valence-electron chi connectivity index (χ4n) is 3.54. The number of likely N-dealkylation sites (N-methyl/N-ethyl adjacent to an activating group) is 2. The van der Waals surface area contributed by atoms with Crippen LogP contribution in [0, 0.1) is 6.92 Å². The fraction of sp³-hybridized carbons (Fsp3) is 0.625. The third-order valence-electron chi connectivity index (χ3n) is 5.12. The van der Waals surface area contributed by atoms with E-state index in [1.54, 1.807) is 11.9 Å². The number of urea groups is 1. The zero-order valence-electron chi connectivity index (χ0n) is 15.0. The molecule has 0 atom stereocenters. The highest BCUT2D eigenvalue weighted by atomic mass is 32.1. The van der Waals surface area contributed by atoms with Gasteiger partial charge in [0.05, 0.1) is 5.69 Å². The van der Waals surface area contributed by atoms with Gasteiger partial charge in [-0.05, 0) is 26.7 Å². The minimum atomic E-state index is -0.805. The van der Waals surface area contributed by atoms with E-state index in [4.69, 9.17) is 0 Å². The van der Waals surface area contributed by atoms with E-state index < -0.39 is 5.54 Å². The topological polar surface area (TPSA) is 85.9 Å². The van der Waals surface area contributed by atoms with Gasteiger partial charge in [-0.15, -0.1) is 0 Å². The second kappa shape index (κ2) is 6.29. The molecule has 9 heteroatoms. The van der Waals surface area contributed by atoms with Gasteiger partial charge < -0.3 is 15.1 Å². The number of likely N-dealkylation sites (tertiary alicyclic amines) is 1. The molecule has 1 aromatic rings. The maximum atomic E-state index is 12.8. The van der Waals surface area contributed by atoms with E-state index in [1.807, 2.05) is 13.8 Å². The van der Waals surface area contributed by atoms with Crippen LogP contribution in [0.4, 0.5) is 9.93 Å². The van der Waals surface area contributed by atoms with Crippen molar-refractivity contribution in [2.45, 2.75) is 32.2 Å². The fourth-order valence-corrected chi connectivity index (χ4v) is 4.55. The summed E-state index contributed by atoms with van der Waals surface area (Å²) in [6.45, 7) is 5.46. The van der Waals surface area contributed by atoms with Crippen LogP contribution in [0.5, 0.6) is 0 Å². The lowest BCUT2D eigenvalue weighted by Crippen LogP contribution is -2.56. The average molecular weight is 365 g/mol. The molecule has 25 heavy (non-hydrogen) atoms. The molecule has 8 nitrogen and oxygen atoms in total. The minimum Gasteiger partial charge on any atom is -0.362 e. The Balaban J connectivity index is 1.73. The van der Waals surface area contributed by atoms with Crippen LogP contribution >= 0.6 is 11.3 Å². The molecule has 4 amide bonds. The quantitative estimate of drug-likeness (QED) is 0.818. The summed E-state index contributed by atoms with van der Waals surface area (Å²) in [5.41, 5.74) is -0.0875. The predicted octanol–water partition coefficient (Wildman–Crippen LogP) is 1.38. The molecule has 2 aliphatic rings. The van der Waals surface area contributed by atoms with Gasteiger partial charge in [-0.2, -0.15) is 0 Å². The van der Waals surface area contributed by atoms with Crippen molar-refractivity contribution in [3.8, 4) is 0 Å². The molecule has 1 spiro atoms. The van der Waals surface area contributed by atoms with E-state index in [1.165, 1.54) is 28.2 Å². The third kappa shape index (κ3) is 2.66. The number of thiazole rings is 1. The van der Waals surface area contributed by atoms with E-state index in [0.717, 1.165) is 17.4 Å². The number of piperidine rings is 1. The number of hydrogen-bond donors (Lipinski definition) is 1. The number of aromatic nitrogens is 1. The molecule has 0 aromatic carbocycles. The molecule has 2 aliphatic heterocycles. The molecule has 0 radical (unpaired) electrons. The molecule has 0 unspecified atom stereocenters. The summed E-state index contributed by atoms with van der Waals surface area (Å²) in [7, 11) is 3.17. The van der Waals surface area contributed by atoms with Crippen LogP contribution in [0.3, 0.4) is 0 Å². The lowest BCUT2D eigenvalue weighted by Gasteiger charge is -2.40. The molecule has 3 heterocycles. The molecule has 2 saturated heterocycles. The van der Waals surface area contributed by atoms with E-state index in [2.05, 4.69) is 10.3 Å². The van der Waals surface area contributed by atoms with Gasteiger partial charge in [0.15, 0.2) is 5.13 Å². The van der Waals surface area contributed by atoms with Gasteiger partial charge in [0.25, 0.3) is 11.8 Å². The zero-order chi connectivity index (χ0) is 18.4. The maximum Gasteiger partial charge on any atom is 0.327 e. The van der Waals surface area contributed by atoms with E-state index in [-0.39, 0.29) is 17.8 Å². The van der Waals surface area contributed by atoms with Crippen molar-refractivity contribution in [3.63, 3.8) is 0 Å². The highest BCUT2D eigenvalue weighted by Crippen LogP contribution is 2.36. The van der Waals surface area contributed by atoms with E-state index in [9.17, 15) is 14.4 Å². The predicted molar refractivity (Wildman–Crippen MR) is 94.8 cm³/mol. The summed E-state index contributed by atoms with van der Waals surface area (Å²) in [5, 5.41) is 3.87. The Labute approximate surface area is 150 Å². The molecule has 1 aromatic heterocycles. The molecule has 136 valence electrons. The van der Waals surface area contributed by atoms with Gasteiger partial charge >= 0.3 is 6.03 Å². The molecule has 1 N–H and O–H groups in total.